The first kappa shape index (κ1) is 15.9. The lowest BCUT2D eigenvalue weighted by molar-refractivity contribution is 0.0933. The Morgan fingerprint density at radius 1 is 1.29 bits per heavy atom. The summed E-state index contributed by atoms with van der Waals surface area (Å²) in [7, 11) is 0. The topological polar surface area (TPSA) is 88.5 Å². The van der Waals surface area contributed by atoms with Crippen molar-refractivity contribution in [3.63, 3.8) is 0 Å². The van der Waals surface area contributed by atoms with Gasteiger partial charge in [0.25, 0.3) is 5.91 Å². The highest BCUT2D eigenvalue weighted by atomic mass is 16.1. The zero-order valence-corrected chi connectivity index (χ0v) is 13.7. The summed E-state index contributed by atoms with van der Waals surface area (Å²) in [5.74, 6) is 0.582. The van der Waals surface area contributed by atoms with Gasteiger partial charge in [0.05, 0.1) is 23.5 Å². The van der Waals surface area contributed by atoms with Crippen LogP contribution in [0, 0.1) is 0 Å². The minimum Gasteiger partial charge on any atom is -0.342 e. The molecule has 2 N–H and O–H groups in total. The second-order valence-corrected chi connectivity index (χ2v) is 5.39. The summed E-state index contributed by atoms with van der Waals surface area (Å²) in [5, 5.41) is 14.1. The fourth-order valence-corrected chi connectivity index (χ4v) is 2.65. The molecule has 2 heterocycles. The summed E-state index contributed by atoms with van der Waals surface area (Å²) in [6, 6.07) is 9.47. The third-order valence-electron chi connectivity index (χ3n) is 3.92. The number of hydrogen-bond donors (Lipinski definition) is 2. The SMILES string of the molecule is CC[C@@H](NC(=O)c1cn[nH]c1-c1ccccc1)c1ncnn1CC. The van der Waals surface area contributed by atoms with E-state index in [4.69, 9.17) is 0 Å². The van der Waals surface area contributed by atoms with Crippen molar-refractivity contribution in [1.82, 2.24) is 30.3 Å². The standard InChI is InChI=1S/C17H20N6O/c1-3-14(16-18-11-20-23(16)4-2)21-17(24)13-10-19-22-15(13)12-8-6-5-7-9-12/h5-11,14H,3-4H2,1-2H3,(H,19,22)(H,21,24)/t14-/m1/s1. The van der Waals surface area contributed by atoms with Crippen molar-refractivity contribution in [1.29, 1.82) is 0 Å². The number of nitrogens with zero attached hydrogens (tertiary/aromatic N) is 4. The van der Waals surface area contributed by atoms with Gasteiger partial charge in [-0.15, -0.1) is 0 Å². The summed E-state index contributed by atoms with van der Waals surface area (Å²) >= 11 is 0. The Kier molecular flexibility index (Phi) is 4.69. The molecule has 24 heavy (non-hydrogen) atoms. The maximum atomic E-state index is 12.7. The van der Waals surface area contributed by atoms with Gasteiger partial charge in [-0.3, -0.25) is 9.89 Å². The van der Waals surface area contributed by atoms with Crippen LogP contribution in [0.4, 0.5) is 0 Å². The summed E-state index contributed by atoms with van der Waals surface area (Å²) in [5.41, 5.74) is 2.15. The van der Waals surface area contributed by atoms with E-state index in [2.05, 4.69) is 25.6 Å². The van der Waals surface area contributed by atoms with Gasteiger partial charge in [0.15, 0.2) is 0 Å². The lowest BCUT2D eigenvalue weighted by Gasteiger charge is -2.16. The molecule has 124 valence electrons. The van der Waals surface area contributed by atoms with Gasteiger partial charge in [0, 0.05) is 12.1 Å². The van der Waals surface area contributed by atoms with Gasteiger partial charge in [0.2, 0.25) is 0 Å². The zero-order chi connectivity index (χ0) is 16.9. The molecule has 0 aliphatic carbocycles. The largest absolute Gasteiger partial charge is 0.342 e. The molecule has 0 saturated carbocycles. The lowest BCUT2D eigenvalue weighted by atomic mass is 10.1. The third-order valence-corrected chi connectivity index (χ3v) is 3.92. The fourth-order valence-electron chi connectivity index (χ4n) is 2.65. The van der Waals surface area contributed by atoms with E-state index in [1.54, 1.807) is 10.9 Å². The predicted octanol–water partition coefficient (Wildman–Crippen LogP) is 2.57. The molecule has 1 aromatic carbocycles. The predicted molar refractivity (Wildman–Crippen MR) is 90.2 cm³/mol. The van der Waals surface area contributed by atoms with Crippen LogP contribution in [0.2, 0.25) is 0 Å². The number of carbonyl (C=O) groups excluding carboxylic acids is 1. The number of aromatic amines is 1. The van der Waals surface area contributed by atoms with E-state index < -0.39 is 0 Å². The van der Waals surface area contributed by atoms with E-state index in [0.717, 1.165) is 17.8 Å². The van der Waals surface area contributed by atoms with Crippen LogP contribution in [0.25, 0.3) is 11.3 Å². The molecule has 0 radical (unpaired) electrons. The second-order valence-electron chi connectivity index (χ2n) is 5.39. The van der Waals surface area contributed by atoms with E-state index in [1.165, 1.54) is 6.33 Å². The fraction of sp³-hybridized carbons (Fsp3) is 0.294. The number of nitrogens with one attached hydrogen (secondary N) is 2. The zero-order valence-electron chi connectivity index (χ0n) is 13.7. The smallest absolute Gasteiger partial charge is 0.255 e. The average molecular weight is 324 g/mol. The van der Waals surface area contributed by atoms with Gasteiger partial charge >= 0.3 is 0 Å². The van der Waals surface area contributed by atoms with Crippen LogP contribution >= 0.6 is 0 Å². The molecular formula is C17H20N6O. The second kappa shape index (κ2) is 7.08. The Morgan fingerprint density at radius 2 is 2.08 bits per heavy atom. The van der Waals surface area contributed by atoms with E-state index in [9.17, 15) is 4.79 Å². The van der Waals surface area contributed by atoms with Gasteiger partial charge < -0.3 is 5.32 Å². The van der Waals surface area contributed by atoms with Crippen molar-refractivity contribution in [2.75, 3.05) is 0 Å². The van der Waals surface area contributed by atoms with Crippen LogP contribution in [-0.2, 0) is 6.54 Å². The summed E-state index contributed by atoms with van der Waals surface area (Å²) in [4.78, 5) is 17.0. The normalized spacial score (nSPS) is 12.1. The van der Waals surface area contributed by atoms with Gasteiger partial charge in [-0.2, -0.15) is 10.2 Å². The summed E-state index contributed by atoms with van der Waals surface area (Å²) in [6.45, 7) is 4.71. The number of aryl methyl sites for hydroxylation is 1. The van der Waals surface area contributed by atoms with Crippen LogP contribution in [0.15, 0.2) is 42.9 Å². The Morgan fingerprint density at radius 3 is 2.79 bits per heavy atom. The molecule has 0 spiro atoms. The monoisotopic (exact) mass is 324 g/mol. The van der Waals surface area contributed by atoms with Gasteiger partial charge in [0.1, 0.15) is 12.2 Å². The van der Waals surface area contributed by atoms with E-state index in [-0.39, 0.29) is 11.9 Å². The molecule has 3 rings (SSSR count). The van der Waals surface area contributed by atoms with E-state index in [0.29, 0.717) is 17.8 Å². The molecule has 0 fully saturated rings. The van der Waals surface area contributed by atoms with Crippen LogP contribution in [0.1, 0.15) is 42.5 Å². The number of H-pyrrole nitrogens is 1. The Hall–Kier alpha value is -2.96. The number of aromatic nitrogens is 5. The number of amides is 1. The first-order valence-corrected chi connectivity index (χ1v) is 8.01. The molecule has 7 nitrogen and oxygen atoms in total. The first-order chi connectivity index (χ1) is 11.7. The maximum Gasteiger partial charge on any atom is 0.255 e. The van der Waals surface area contributed by atoms with Crippen molar-refractivity contribution in [2.45, 2.75) is 32.9 Å². The molecule has 0 aliphatic heterocycles. The molecular weight excluding hydrogens is 304 g/mol. The van der Waals surface area contributed by atoms with Gasteiger partial charge in [-0.25, -0.2) is 9.67 Å². The maximum absolute atomic E-state index is 12.7. The highest BCUT2D eigenvalue weighted by molar-refractivity contribution is 5.99. The third kappa shape index (κ3) is 3.05. The van der Waals surface area contributed by atoms with E-state index >= 15 is 0 Å². The van der Waals surface area contributed by atoms with Crippen molar-refractivity contribution < 1.29 is 4.79 Å². The first-order valence-electron chi connectivity index (χ1n) is 8.01. The molecule has 7 heteroatoms. The van der Waals surface area contributed by atoms with Crippen LogP contribution in [-0.4, -0.2) is 30.9 Å². The van der Waals surface area contributed by atoms with Crippen molar-refractivity contribution in [3.8, 4) is 11.3 Å². The summed E-state index contributed by atoms with van der Waals surface area (Å²) in [6.07, 6.45) is 3.79. The van der Waals surface area contributed by atoms with Gasteiger partial charge in [-0.1, -0.05) is 37.3 Å². The number of rotatable bonds is 6. The lowest BCUT2D eigenvalue weighted by Crippen LogP contribution is -2.30. The van der Waals surface area contributed by atoms with E-state index in [1.807, 2.05) is 44.2 Å². The van der Waals surface area contributed by atoms with Crippen molar-refractivity contribution in [2.24, 2.45) is 0 Å². The molecule has 0 saturated heterocycles. The molecule has 0 unspecified atom stereocenters. The molecule has 0 bridgehead atoms. The number of carbonyl (C=O) groups is 1. The average Bonchev–Trinajstić information content (AvgIpc) is 3.29. The van der Waals surface area contributed by atoms with Crippen LogP contribution < -0.4 is 5.32 Å². The highest BCUT2D eigenvalue weighted by Crippen LogP contribution is 2.22. The number of hydrogen-bond acceptors (Lipinski definition) is 4. The van der Waals surface area contributed by atoms with Gasteiger partial charge in [-0.05, 0) is 13.3 Å². The minimum absolute atomic E-state index is 0.180. The van der Waals surface area contributed by atoms with Crippen LogP contribution in [0.3, 0.4) is 0 Å². The Bertz CT molecular complexity index is 807. The quantitative estimate of drug-likeness (QED) is 0.729. The van der Waals surface area contributed by atoms with Crippen molar-refractivity contribution in [3.05, 3.63) is 54.2 Å². The molecule has 1 amide bonds. The molecule has 3 aromatic rings. The minimum atomic E-state index is -0.196. The Labute approximate surface area is 140 Å². The highest BCUT2D eigenvalue weighted by Gasteiger charge is 2.21. The molecule has 1 atom stereocenters. The molecule has 2 aromatic heterocycles. The summed E-state index contributed by atoms with van der Waals surface area (Å²) < 4.78 is 1.79. The number of benzene rings is 1. The van der Waals surface area contributed by atoms with Crippen molar-refractivity contribution >= 4 is 5.91 Å². The Balaban J connectivity index is 1.84. The van der Waals surface area contributed by atoms with Crippen LogP contribution in [0.5, 0.6) is 0 Å². The molecule has 0 aliphatic rings.